The van der Waals surface area contributed by atoms with E-state index in [0.29, 0.717) is 6.61 Å². The van der Waals surface area contributed by atoms with Gasteiger partial charge in [0.15, 0.2) is 0 Å². The molecule has 0 radical (unpaired) electrons. The Hall–Kier alpha value is -3.56. The van der Waals surface area contributed by atoms with Crippen molar-refractivity contribution in [2.75, 3.05) is 25.6 Å². The summed E-state index contributed by atoms with van der Waals surface area (Å²) in [6.45, 7) is 0.546. The van der Waals surface area contributed by atoms with Gasteiger partial charge in [-0.3, -0.25) is 0 Å². The zero-order valence-electron chi connectivity index (χ0n) is 19.3. The van der Waals surface area contributed by atoms with E-state index in [0.717, 1.165) is 35.2 Å². The highest BCUT2D eigenvalue weighted by atomic mass is 16.5. The van der Waals surface area contributed by atoms with Crippen molar-refractivity contribution in [3.8, 4) is 5.75 Å². The average Bonchev–Trinajstić information content (AvgIpc) is 2.86. The number of benzene rings is 4. The van der Waals surface area contributed by atoms with Gasteiger partial charge in [0.2, 0.25) is 0 Å². The van der Waals surface area contributed by atoms with Gasteiger partial charge >= 0.3 is 0 Å². The Balaban J connectivity index is 1.80. The van der Waals surface area contributed by atoms with E-state index in [1.54, 1.807) is 6.07 Å². The average molecular weight is 438 g/mol. The van der Waals surface area contributed by atoms with Crippen molar-refractivity contribution < 1.29 is 9.84 Å². The van der Waals surface area contributed by atoms with Crippen LogP contribution >= 0.6 is 0 Å². The van der Waals surface area contributed by atoms with Gasteiger partial charge in [-0.1, -0.05) is 91.0 Å². The van der Waals surface area contributed by atoms with E-state index in [9.17, 15) is 5.11 Å². The van der Waals surface area contributed by atoms with Gasteiger partial charge in [-0.15, -0.1) is 0 Å². The van der Waals surface area contributed by atoms with Gasteiger partial charge in [-0.05, 0) is 47.7 Å². The number of phenols is 1. The number of aromatic hydroxyl groups is 1. The standard InChI is InChI=1S/C30H31NO2/c1-31(2)27-20-21-29(32)28(23-27)30(25-16-8-4-9-17-25,26-18-10-5-11-19-26)33-22-12-15-24-13-6-3-7-14-24/h3-11,13-14,16-21,23,32H,12,15,22H2,1-2H3. The van der Waals surface area contributed by atoms with Gasteiger partial charge in [0.05, 0.1) is 0 Å². The number of hydrogen-bond donors (Lipinski definition) is 1. The first-order valence-corrected chi connectivity index (χ1v) is 11.4. The smallest absolute Gasteiger partial charge is 0.147 e. The Morgan fingerprint density at radius 3 is 1.82 bits per heavy atom. The third-order valence-corrected chi connectivity index (χ3v) is 6.01. The van der Waals surface area contributed by atoms with Crippen LogP contribution in [-0.4, -0.2) is 25.8 Å². The minimum atomic E-state index is -0.935. The Morgan fingerprint density at radius 2 is 1.27 bits per heavy atom. The van der Waals surface area contributed by atoms with Crippen molar-refractivity contribution in [2.45, 2.75) is 18.4 Å². The summed E-state index contributed by atoms with van der Waals surface area (Å²) < 4.78 is 6.85. The quantitative estimate of drug-likeness (QED) is 0.243. The number of ether oxygens (including phenoxy) is 1. The third-order valence-electron chi connectivity index (χ3n) is 6.01. The molecular weight excluding hydrogens is 406 g/mol. The lowest BCUT2D eigenvalue weighted by molar-refractivity contribution is 0.0102. The topological polar surface area (TPSA) is 32.7 Å². The molecule has 0 atom stereocenters. The minimum absolute atomic E-state index is 0.219. The van der Waals surface area contributed by atoms with E-state index in [-0.39, 0.29) is 5.75 Å². The molecule has 0 fully saturated rings. The lowest BCUT2D eigenvalue weighted by atomic mass is 9.79. The molecule has 0 amide bonds. The first-order chi connectivity index (χ1) is 16.1. The molecule has 0 heterocycles. The number of aryl methyl sites for hydroxylation is 1. The highest BCUT2D eigenvalue weighted by Gasteiger charge is 2.40. The zero-order valence-corrected chi connectivity index (χ0v) is 19.3. The van der Waals surface area contributed by atoms with Crippen LogP contribution in [0.25, 0.3) is 0 Å². The number of hydrogen-bond acceptors (Lipinski definition) is 3. The molecule has 0 aliphatic heterocycles. The number of phenolic OH excluding ortho intramolecular Hbond substituents is 1. The van der Waals surface area contributed by atoms with Crippen molar-refractivity contribution in [3.05, 3.63) is 131 Å². The molecule has 0 spiro atoms. The zero-order chi connectivity index (χ0) is 23.1. The second-order valence-corrected chi connectivity index (χ2v) is 8.45. The Labute approximate surface area is 196 Å². The maximum atomic E-state index is 11.1. The first-order valence-electron chi connectivity index (χ1n) is 11.4. The molecule has 1 N–H and O–H groups in total. The Morgan fingerprint density at radius 1 is 0.727 bits per heavy atom. The van der Waals surface area contributed by atoms with Crippen LogP contribution in [0.15, 0.2) is 109 Å². The minimum Gasteiger partial charge on any atom is -0.508 e. The maximum absolute atomic E-state index is 11.1. The van der Waals surface area contributed by atoms with Crippen molar-refractivity contribution in [1.82, 2.24) is 0 Å². The highest BCUT2D eigenvalue weighted by molar-refractivity contribution is 5.59. The van der Waals surface area contributed by atoms with E-state index in [1.807, 2.05) is 73.6 Å². The Bertz CT molecular complexity index is 1100. The van der Waals surface area contributed by atoms with Crippen LogP contribution in [0.5, 0.6) is 5.75 Å². The van der Waals surface area contributed by atoms with Crippen molar-refractivity contribution in [3.63, 3.8) is 0 Å². The summed E-state index contributed by atoms with van der Waals surface area (Å²) in [6.07, 6.45) is 1.81. The van der Waals surface area contributed by atoms with Crippen LogP contribution in [0.2, 0.25) is 0 Å². The molecule has 4 aromatic carbocycles. The van der Waals surface area contributed by atoms with E-state index in [1.165, 1.54) is 5.56 Å². The molecule has 0 aromatic heterocycles. The molecule has 0 bridgehead atoms. The molecule has 4 aromatic rings. The lowest BCUT2D eigenvalue weighted by Gasteiger charge is -2.37. The van der Waals surface area contributed by atoms with Crippen molar-refractivity contribution in [2.24, 2.45) is 0 Å². The van der Waals surface area contributed by atoms with Gasteiger partial charge in [0.1, 0.15) is 11.4 Å². The molecule has 3 nitrogen and oxygen atoms in total. The number of nitrogens with zero attached hydrogens (tertiary/aromatic N) is 1. The van der Waals surface area contributed by atoms with Crippen LogP contribution in [0.4, 0.5) is 5.69 Å². The van der Waals surface area contributed by atoms with Gasteiger partial charge < -0.3 is 14.7 Å². The Kier molecular flexibility index (Phi) is 7.11. The maximum Gasteiger partial charge on any atom is 0.147 e. The summed E-state index contributed by atoms with van der Waals surface area (Å²) in [6, 6.07) is 36.6. The molecule has 0 unspecified atom stereocenters. The van der Waals surface area contributed by atoms with Gasteiger partial charge in [-0.25, -0.2) is 0 Å². The van der Waals surface area contributed by atoms with Crippen molar-refractivity contribution in [1.29, 1.82) is 0 Å². The fourth-order valence-electron chi connectivity index (χ4n) is 4.30. The van der Waals surface area contributed by atoms with Gasteiger partial charge in [0, 0.05) is 32.0 Å². The fraction of sp³-hybridized carbons (Fsp3) is 0.200. The van der Waals surface area contributed by atoms with Crippen LogP contribution in [-0.2, 0) is 16.8 Å². The van der Waals surface area contributed by atoms with E-state index in [2.05, 4.69) is 48.5 Å². The van der Waals surface area contributed by atoms with Gasteiger partial charge in [0.25, 0.3) is 0 Å². The largest absolute Gasteiger partial charge is 0.508 e. The predicted octanol–water partition coefficient (Wildman–Crippen LogP) is 6.40. The summed E-state index contributed by atoms with van der Waals surface area (Å²) in [4.78, 5) is 2.04. The molecule has 168 valence electrons. The molecule has 3 heteroatoms. The number of anilines is 1. The molecule has 0 saturated heterocycles. The predicted molar refractivity (Wildman–Crippen MR) is 136 cm³/mol. The lowest BCUT2D eigenvalue weighted by Crippen LogP contribution is -2.33. The van der Waals surface area contributed by atoms with Crippen LogP contribution in [0, 0.1) is 0 Å². The van der Waals surface area contributed by atoms with Crippen LogP contribution in [0.3, 0.4) is 0 Å². The van der Waals surface area contributed by atoms with E-state index >= 15 is 0 Å². The van der Waals surface area contributed by atoms with E-state index < -0.39 is 5.60 Å². The van der Waals surface area contributed by atoms with Crippen LogP contribution in [0.1, 0.15) is 28.7 Å². The second kappa shape index (κ2) is 10.4. The summed E-state index contributed by atoms with van der Waals surface area (Å²) in [5, 5.41) is 11.1. The molecule has 0 saturated carbocycles. The summed E-state index contributed by atoms with van der Waals surface area (Å²) in [5.74, 6) is 0.219. The summed E-state index contributed by atoms with van der Waals surface area (Å²) >= 11 is 0. The SMILES string of the molecule is CN(C)c1ccc(O)c(C(OCCCc2ccccc2)(c2ccccc2)c2ccccc2)c1. The monoisotopic (exact) mass is 437 g/mol. The molecular formula is C30H31NO2. The molecule has 4 rings (SSSR count). The summed E-state index contributed by atoms with van der Waals surface area (Å²) in [5.41, 5.74) is 4.08. The number of rotatable bonds is 9. The highest BCUT2D eigenvalue weighted by Crippen LogP contribution is 2.45. The first kappa shape index (κ1) is 22.6. The van der Waals surface area contributed by atoms with E-state index in [4.69, 9.17) is 4.74 Å². The normalized spacial score (nSPS) is 11.3. The fourth-order valence-corrected chi connectivity index (χ4v) is 4.30. The van der Waals surface area contributed by atoms with Crippen molar-refractivity contribution >= 4 is 5.69 Å². The molecule has 0 aliphatic rings. The molecule has 0 aliphatic carbocycles. The van der Waals surface area contributed by atoms with Gasteiger partial charge in [-0.2, -0.15) is 0 Å². The second-order valence-electron chi connectivity index (χ2n) is 8.45. The third kappa shape index (κ3) is 4.94. The molecule has 33 heavy (non-hydrogen) atoms. The summed E-state index contributed by atoms with van der Waals surface area (Å²) in [7, 11) is 4.01. The van der Waals surface area contributed by atoms with Crippen LogP contribution < -0.4 is 4.90 Å².